The van der Waals surface area contributed by atoms with Gasteiger partial charge in [0, 0.05) is 0 Å². The van der Waals surface area contributed by atoms with E-state index in [1.165, 1.54) is 37.5 Å². The van der Waals surface area contributed by atoms with Gasteiger partial charge in [-0.25, -0.2) is 9.59 Å². The molecule has 0 heterocycles. The Bertz CT molecular complexity index is 900. The summed E-state index contributed by atoms with van der Waals surface area (Å²) in [7, 11) is 1.18. The summed E-state index contributed by atoms with van der Waals surface area (Å²) in [6.07, 6.45) is 1.34. The number of halogens is 2. The zero-order chi connectivity index (χ0) is 18.4. The molecule has 5 nitrogen and oxygen atoms in total. The Morgan fingerprint density at radius 3 is 2.52 bits per heavy atom. The van der Waals surface area contributed by atoms with Gasteiger partial charge < -0.3 is 9.47 Å². The summed E-state index contributed by atoms with van der Waals surface area (Å²) in [6.45, 7) is 0. The van der Waals surface area contributed by atoms with Crippen LogP contribution < -0.4 is 4.74 Å². The van der Waals surface area contributed by atoms with Crippen LogP contribution in [0.25, 0.3) is 6.08 Å². The van der Waals surface area contributed by atoms with Crippen molar-refractivity contribution in [1.29, 1.82) is 5.26 Å². The van der Waals surface area contributed by atoms with E-state index in [9.17, 15) is 9.59 Å². The molecular formula is C18H11Cl2NO4. The average molecular weight is 376 g/mol. The molecule has 0 atom stereocenters. The van der Waals surface area contributed by atoms with Crippen LogP contribution in [0.5, 0.6) is 5.75 Å². The van der Waals surface area contributed by atoms with Crippen LogP contribution in [0.2, 0.25) is 10.0 Å². The Morgan fingerprint density at radius 1 is 1.12 bits per heavy atom. The molecule has 0 fully saturated rings. The normalized spacial score (nSPS) is 10.7. The van der Waals surface area contributed by atoms with Crippen molar-refractivity contribution in [3.05, 3.63) is 69.2 Å². The second-order valence-corrected chi connectivity index (χ2v) is 5.57. The van der Waals surface area contributed by atoms with E-state index in [0.29, 0.717) is 10.6 Å². The molecular weight excluding hydrogens is 365 g/mol. The lowest BCUT2D eigenvalue weighted by Gasteiger charge is -2.06. The fourth-order valence-electron chi connectivity index (χ4n) is 1.87. The van der Waals surface area contributed by atoms with E-state index in [-0.39, 0.29) is 21.9 Å². The molecule has 0 N–H and O–H groups in total. The Hall–Kier alpha value is -2.81. The van der Waals surface area contributed by atoms with Crippen LogP contribution in [0.3, 0.4) is 0 Å². The highest BCUT2D eigenvalue weighted by Gasteiger charge is 2.12. The number of hydrogen-bond acceptors (Lipinski definition) is 5. The van der Waals surface area contributed by atoms with Gasteiger partial charge in [-0.1, -0.05) is 35.3 Å². The van der Waals surface area contributed by atoms with Gasteiger partial charge in [0.25, 0.3) is 0 Å². The molecule has 0 radical (unpaired) electrons. The maximum absolute atomic E-state index is 12.2. The van der Waals surface area contributed by atoms with Crippen LogP contribution in [0.4, 0.5) is 0 Å². The fourth-order valence-corrected chi connectivity index (χ4v) is 2.17. The lowest BCUT2D eigenvalue weighted by molar-refractivity contribution is -0.135. The van der Waals surface area contributed by atoms with Gasteiger partial charge in [-0.05, 0) is 42.0 Å². The van der Waals surface area contributed by atoms with E-state index in [1.54, 1.807) is 24.3 Å². The van der Waals surface area contributed by atoms with Crippen molar-refractivity contribution in [1.82, 2.24) is 0 Å². The zero-order valence-corrected chi connectivity index (χ0v) is 14.5. The molecule has 2 aromatic rings. The smallest absolute Gasteiger partial charge is 0.348 e. The molecule has 25 heavy (non-hydrogen) atoms. The van der Waals surface area contributed by atoms with E-state index in [4.69, 9.17) is 33.2 Å². The minimum Gasteiger partial charge on any atom is -0.465 e. The molecule has 7 heteroatoms. The molecule has 0 aromatic heterocycles. The topological polar surface area (TPSA) is 76.4 Å². The lowest BCUT2D eigenvalue weighted by Crippen LogP contribution is -2.08. The van der Waals surface area contributed by atoms with Crippen molar-refractivity contribution in [3.63, 3.8) is 0 Å². The second-order valence-electron chi connectivity index (χ2n) is 4.75. The van der Waals surface area contributed by atoms with Gasteiger partial charge >= 0.3 is 11.9 Å². The number of nitrogens with zero attached hydrogens (tertiary/aromatic N) is 1. The average Bonchev–Trinajstić information content (AvgIpc) is 2.61. The third-order valence-electron chi connectivity index (χ3n) is 3.06. The summed E-state index contributed by atoms with van der Waals surface area (Å²) in [5, 5.41) is 9.54. The molecule has 0 saturated carbocycles. The third kappa shape index (κ3) is 4.83. The Balaban J connectivity index is 2.23. The van der Waals surface area contributed by atoms with Crippen molar-refractivity contribution < 1.29 is 19.1 Å². The minimum atomic E-state index is -0.749. The van der Waals surface area contributed by atoms with E-state index in [0.717, 1.165) is 0 Å². The summed E-state index contributed by atoms with van der Waals surface area (Å²) in [5.41, 5.74) is 0.569. The lowest BCUT2D eigenvalue weighted by atomic mass is 10.1. The molecule has 2 rings (SSSR count). The van der Waals surface area contributed by atoms with Crippen LogP contribution in [0, 0.1) is 11.3 Å². The molecule has 2 aromatic carbocycles. The number of benzene rings is 2. The Labute approximate surface area is 154 Å². The monoisotopic (exact) mass is 375 g/mol. The van der Waals surface area contributed by atoms with Crippen molar-refractivity contribution in [2.75, 3.05) is 7.11 Å². The zero-order valence-electron chi connectivity index (χ0n) is 13.0. The van der Waals surface area contributed by atoms with Crippen molar-refractivity contribution in [2.45, 2.75) is 0 Å². The van der Waals surface area contributed by atoms with Crippen LogP contribution in [0.15, 0.2) is 48.0 Å². The Morgan fingerprint density at radius 2 is 1.88 bits per heavy atom. The molecule has 0 bridgehead atoms. The van der Waals surface area contributed by atoms with E-state index < -0.39 is 11.9 Å². The standard InChI is InChI=1S/C18H11Cl2NO4/c1-24-17(22)13(10-21)7-11-3-2-4-14(8-11)25-18(23)12-5-6-15(19)16(20)9-12/h2-9H,1H3/b13-7+. The first kappa shape index (κ1) is 18.5. The number of hydrogen-bond donors (Lipinski definition) is 0. The van der Waals surface area contributed by atoms with Gasteiger partial charge in [-0.3, -0.25) is 0 Å². The summed E-state index contributed by atoms with van der Waals surface area (Å²) in [4.78, 5) is 23.6. The maximum atomic E-state index is 12.2. The maximum Gasteiger partial charge on any atom is 0.348 e. The molecule has 126 valence electrons. The van der Waals surface area contributed by atoms with Crippen molar-refractivity contribution in [2.24, 2.45) is 0 Å². The SMILES string of the molecule is COC(=O)/C(C#N)=C/c1cccc(OC(=O)c2ccc(Cl)c(Cl)c2)c1. The van der Waals surface area contributed by atoms with E-state index in [2.05, 4.69) is 4.74 Å². The molecule has 0 amide bonds. The fraction of sp³-hybridized carbons (Fsp3) is 0.0556. The van der Waals surface area contributed by atoms with Crippen LogP contribution in [-0.2, 0) is 9.53 Å². The van der Waals surface area contributed by atoms with Gasteiger partial charge in [-0.2, -0.15) is 5.26 Å². The van der Waals surface area contributed by atoms with Crippen molar-refractivity contribution >= 4 is 41.2 Å². The highest BCUT2D eigenvalue weighted by atomic mass is 35.5. The molecule has 0 aliphatic carbocycles. The second kappa shape index (κ2) is 8.34. The van der Waals surface area contributed by atoms with E-state index >= 15 is 0 Å². The largest absolute Gasteiger partial charge is 0.465 e. The first-order chi connectivity index (χ1) is 11.9. The summed E-state index contributed by atoms with van der Waals surface area (Å²) >= 11 is 11.7. The number of nitriles is 1. The molecule has 0 aliphatic heterocycles. The summed E-state index contributed by atoms with van der Waals surface area (Å²) < 4.78 is 9.78. The van der Waals surface area contributed by atoms with Crippen LogP contribution >= 0.6 is 23.2 Å². The van der Waals surface area contributed by atoms with Crippen molar-refractivity contribution in [3.8, 4) is 11.8 Å². The predicted octanol–water partition coefficient (Wildman–Crippen LogP) is 4.29. The molecule has 0 unspecified atom stereocenters. The number of methoxy groups -OCH3 is 1. The molecule has 0 aliphatic rings. The quantitative estimate of drug-likeness (QED) is 0.344. The number of ether oxygens (including phenoxy) is 2. The number of carbonyl (C=O) groups is 2. The number of esters is 2. The van der Waals surface area contributed by atoms with Gasteiger partial charge in [0.2, 0.25) is 0 Å². The minimum absolute atomic E-state index is 0.171. The highest BCUT2D eigenvalue weighted by Crippen LogP contribution is 2.24. The van der Waals surface area contributed by atoms with Gasteiger partial charge in [0.15, 0.2) is 0 Å². The van der Waals surface area contributed by atoms with Gasteiger partial charge in [0.05, 0.1) is 22.7 Å². The van der Waals surface area contributed by atoms with Crippen LogP contribution in [-0.4, -0.2) is 19.0 Å². The first-order valence-electron chi connectivity index (χ1n) is 6.92. The van der Waals surface area contributed by atoms with Gasteiger partial charge in [-0.15, -0.1) is 0 Å². The molecule has 0 spiro atoms. The predicted molar refractivity (Wildman–Crippen MR) is 93.5 cm³/mol. The Kier molecular flexibility index (Phi) is 6.18. The summed E-state index contributed by atoms with van der Waals surface area (Å²) in [6, 6.07) is 12.5. The summed E-state index contributed by atoms with van der Waals surface area (Å²) in [5.74, 6) is -1.12. The van der Waals surface area contributed by atoms with Crippen LogP contribution in [0.1, 0.15) is 15.9 Å². The van der Waals surface area contributed by atoms with E-state index in [1.807, 2.05) is 0 Å². The molecule has 0 saturated heterocycles. The third-order valence-corrected chi connectivity index (χ3v) is 3.80. The van der Waals surface area contributed by atoms with Gasteiger partial charge in [0.1, 0.15) is 17.4 Å². The number of rotatable bonds is 4. The first-order valence-corrected chi connectivity index (χ1v) is 7.67. The highest BCUT2D eigenvalue weighted by molar-refractivity contribution is 6.42. The number of carbonyl (C=O) groups excluding carboxylic acids is 2.